The highest BCUT2D eigenvalue weighted by molar-refractivity contribution is 7.22. The van der Waals surface area contributed by atoms with E-state index in [4.69, 9.17) is 0 Å². The lowest BCUT2D eigenvalue weighted by Gasteiger charge is -2.07. The smallest absolute Gasteiger partial charge is 0.232 e. The first kappa shape index (κ1) is 15.5. The van der Waals surface area contributed by atoms with Gasteiger partial charge >= 0.3 is 0 Å². The van der Waals surface area contributed by atoms with Crippen LogP contribution in [0.4, 0.5) is 9.52 Å². The van der Waals surface area contributed by atoms with Crippen molar-refractivity contribution in [3.8, 4) is 11.1 Å². The van der Waals surface area contributed by atoms with Crippen molar-refractivity contribution in [1.29, 1.82) is 0 Å². The fourth-order valence-corrected chi connectivity index (χ4v) is 4.17. The topological polar surface area (TPSA) is 70.7 Å². The highest BCUT2D eigenvalue weighted by atomic mass is 32.1. The average molecular weight is 366 g/mol. The first-order valence-corrected chi connectivity index (χ1v) is 9.20. The zero-order valence-electron chi connectivity index (χ0n) is 13.9. The van der Waals surface area contributed by atoms with Gasteiger partial charge in [0, 0.05) is 17.8 Å². The number of aromatic amines is 1. The molecule has 2 atom stereocenters. The lowest BCUT2D eigenvalue weighted by Crippen LogP contribution is -2.14. The summed E-state index contributed by atoms with van der Waals surface area (Å²) >= 11 is 1.41. The molecule has 0 aliphatic heterocycles. The lowest BCUT2D eigenvalue weighted by molar-refractivity contribution is -0.117. The molecule has 1 aliphatic rings. The minimum absolute atomic E-state index is 0.282. The summed E-state index contributed by atoms with van der Waals surface area (Å²) in [6.07, 6.45) is 3.05. The molecular formula is C19H15FN4OS. The van der Waals surface area contributed by atoms with Crippen molar-refractivity contribution in [2.45, 2.75) is 19.5 Å². The molecule has 2 N–H and O–H groups in total. The van der Waals surface area contributed by atoms with E-state index in [2.05, 4.69) is 26.3 Å². The predicted molar refractivity (Wildman–Crippen MR) is 101 cm³/mol. The van der Waals surface area contributed by atoms with Crippen LogP contribution < -0.4 is 5.32 Å². The third kappa shape index (κ3) is 2.47. The number of carbonyl (C=O) groups excluding carboxylic acids is 1. The number of aryl methyl sites for hydroxylation is 1. The van der Waals surface area contributed by atoms with Gasteiger partial charge in [0.25, 0.3) is 0 Å². The molecule has 3 aromatic heterocycles. The van der Waals surface area contributed by atoms with Gasteiger partial charge in [0.1, 0.15) is 11.8 Å². The van der Waals surface area contributed by atoms with Gasteiger partial charge in [-0.1, -0.05) is 17.4 Å². The van der Waals surface area contributed by atoms with E-state index in [0.717, 1.165) is 37.9 Å². The molecule has 5 nitrogen and oxygen atoms in total. The Bertz CT molecular complexity index is 1160. The van der Waals surface area contributed by atoms with Gasteiger partial charge in [-0.05, 0) is 48.2 Å². The molecule has 1 aliphatic carbocycles. The van der Waals surface area contributed by atoms with Gasteiger partial charge in [-0.2, -0.15) is 0 Å². The number of anilines is 1. The van der Waals surface area contributed by atoms with Crippen molar-refractivity contribution in [2.75, 3.05) is 5.32 Å². The number of amides is 1. The first-order valence-electron chi connectivity index (χ1n) is 8.39. The van der Waals surface area contributed by atoms with Crippen LogP contribution in [0.25, 0.3) is 32.4 Å². The zero-order chi connectivity index (χ0) is 17.8. The van der Waals surface area contributed by atoms with E-state index in [9.17, 15) is 9.18 Å². The maximum atomic E-state index is 13.0. The molecular weight excluding hydrogens is 351 g/mol. The summed E-state index contributed by atoms with van der Waals surface area (Å²) in [6, 6.07) is 8.08. The van der Waals surface area contributed by atoms with Crippen molar-refractivity contribution in [3.05, 3.63) is 42.2 Å². The van der Waals surface area contributed by atoms with Gasteiger partial charge in [0.2, 0.25) is 5.91 Å². The van der Waals surface area contributed by atoms with Crippen LogP contribution >= 0.6 is 11.3 Å². The van der Waals surface area contributed by atoms with Gasteiger partial charge in [-0.15, -0.1) is 0 Å². The molecule has 5 rings (SSSR count). The number of hydrogen-bond donors (Lipinski definition) is 2. The summed E-state index contributed by atoms with van der Waals surface area (Å²) in [6.45, 7) is 2.04. The largest absolute Gasteiger partial charge is 0.346 e. The maximum absolute atomic E-state index is 13.0. The van der Waals surface area contributed by atoms with Crippen LogP contribution in [0.2, 0.25) is 0 Å². The predicted octanol–water partition coefficient (Wildman–Crippen LogP) is 4.44. The number of thiazole rings is 1. The fraction of sp³-hybridized carbons (Fsp3) is 0.211. The monoisotopic (exact) mass is 366 g/mol. The Hall–Kier alpha value is -2.80. The van der Waals surface area contributed by atoms with E-state index in [-0.39, 0.29) is 5.91 Å². The van der Waals surface area contributed by atoms with Crippen molar-refractivity contribution in [3.63, 3.8) is 0 Å². The van der Waals surface area contributed by atoms with E-state index in [1.54, 1.807) is 0 Å². The van der Waals surface area contributed by atoms with Crippen LogP contribution in [0.5, 0.6) is 0 Å². The Morgan fingerprint density at radius 2 is 2.23 bits per heavy atom. The first-order chi connectivity index (χ1) is 12.6. The minimum atomic E-state index is -1.01. The van der Waals surface area contributed by atoms with Crippen LogP contribution in [0, 0.1) is 12.8 Å². The van der Waals surface area contributed by atoms with Crippen LogP contribution in [-0.2, 0) is 4.79 Å². The summed E-state index contributed by atoms with van der Waals surface area (Å²) in [5.74, 6) is -0.797. The Morgan fingerprint density at radius 3 is 3.04 bits per heavy atom. The number of benzene rings is 1. The second-order valence-electron chi connectivity index (χ2n) is 6.61. The molecule has 2 unspecified atom stereocenters. The number of halogens is 1. The molecule has 130 valence electrons. The second-order valence-corrected chi connectivity index (χ2v) is 7.64. The van der Waals surface area contributed by atoms with E-state index in [1.165, 1.54) is 11.3 Å². The van der Waals surface area contributed by atoms with Crippen LogP contribution in [0.15, 0.2) is 36.7 Å². The quantitative estimate of drug-likeness (QED) is 0.563. The maximum Gasteiger partial charge on any atom is 0.232 e. The summed E-state index contributed by atoms with van der Waals surface area (Å²) in [7, 11) is 0. The zero-order valence-corrected chi connectivity index (χ0v) is 14.7. The Labute approximate surface area is 152 Å². The Balaban J connectivity index is 1.54. The number of rotatable bonds is 3. The number of H-pyrrole nitrogens is 1. The molecule has 1 saturated carbocycles. The Morgan fingerprint density at radius 1 is 1.38 bits per heavy atom. The van der Waals surface area contributed by atoms with Gasteiger partial charge in [0.15, 0.2) is 5.13 Å². The highest BCUT2D eigenvalue weighted by Crippen LogP contribution is 2.37. The number of nitrogens with zero attached hydrogens (tertiary/aromatic N) is 2. The van der Waals surface area contributed by atoms with Gasteiger partial charge in [0.05, 0.1) is 16.1 Å². The number of alkyl halides is 1. The number of hydrogen-bond acceptors (Lipinski definition) is 4. The van der Waals surface area contributed by atoms with E-state index < -0.39 is 12.1 Å². The van der Waals surface area contributed by atoms with Crippen molar-refractivity contribution in [1.82, 2.24) is 15.0 Å². The average Bonchev–Trinajstić information content (AvgIpc) is 3.02. The Kier molecular flexibility index (Phi) is 3.33. The number of nitrogens with one attached hydrogen (secondary N) is 2. The second kappa shape index (κ2) is 5.60. The van der Waals surface area contributed by atoms with Crippen LogP contribution in [0.3, 0.4) is 0 Å². The van der Waals surface area contributed by atoms with Crippen LogP contribution in [0.1, 0.15) is 12.0 Å². The van der Waals surface area contributed by atoms with Crippen molar-refractivity contribution < 1.29 is 9.18 Å². The van der Waals surface area contributed by atoms with Crippen molar-refractivity contribution >= 4 is 43.6 Å². The number of pyridine rings is 1. The van der Waals surface area contributed by atoms with E-state index in [0.29, 0.717) is 11.6 Å². The lowest BCUT2D eigenvalue weighted by atomic mass is 9.99. The third-order valence-corrected chi connectivity index (χ3v) is 5.67. The molecule has 26 heavy (non-hydrogen) atoms. The molecule has 4 aromatic rings. The summed E-state index contributed by atoms with van der Waals surface area (Å²) in [5.41, 5.74) is 4.98. The normalized spacial score (nSPS) is 19.2. The molecule has 1 aromatic carbocycles. The summed E-state index contributed by atoms with van der Waals surface area (Å²) in [4.78, 5) is 23.9. The van der Waals surface area contributed by atoms with E-state index in [1.807, 2.05) is 37.5 Å². The van der Waals surface area contributed by atoms with E-state index >= 15 is 0 Å². The highest BCUT2D eigenvalue weighted by Gasteiger charge is 2.43. The number of carbonyl (C=O) groups is 1. The molecule has 7 heteroatoms. The number of fused-ring (bicyclic) bond motifs is 2. The summed E-state index contributed by atoms with van der Waals surface area (Å²) < 4.78 is 14.0. The number of aromatic nitrogens is 3. The van der Waals surface area contributed by atoms with Gasteiger partial charge in [-0.3, -0.25) is 4.79 Å². The van der Waals surface area contributed by atoms with Gasteiger partial charge < -0.3 is 10.3 Å². The third-order valence-electron chi connectivity index (χ3n) is 4.73. The van der Waals surface area contributed by atoms with Crippen LogP contribution in [-0.4, -0.2) is 27.0 Å². The fourth-order valence-electron chi connectivity index (χ4n) is 3.26. The molecule has 1 amide bonds. The molecule has 0 radical (unpaired) electrons. The van der Waals surface area contributed by atoms with Crippen molar-refractivity contribution in [2.24, 2.45) is 5.92 Å². The van der Waals surface area contributed by atoms with Gasteiger partial charge in [-0.25, -0.2) is 14.4 Å². The molecule has 0 spiro atoms. The molecule has 0 bridgehead atoms. The molecule has 3 heterocycles. The summed E-state index contributed by atoms with van der Waals surface area (Å²) in [5, 5.41) is 4.32. The SMILES string of the molecule is Cc1cnc2[nH]ccc2c1-c1ccc2nc(NC(=O)C3CC3F)sc2c1. The minimum Gasteiger partial charge on any atom is -0.346 e. The molecule has 0 saturated heterocycles. The molecule has 1 fully saturated rings. The standard InChI is InChI=1S/C19H15FN4OS/c1-9-8-22-17-11(4-5-21-17)16(9)10-2-3-14-15(6-10)26-19(23-14)24-18(25)12-7-13(12)20/h2-6,8,12-13H,7H2,1H3,(H,21,22)(H,23,24,25).